The zero-order valence-corrected chi connectivity index (χ0v) is 13.6. The molecule has 0 radical (unpaired) electrons. The fraction of sp³-hybridized carbons (Fsp3) is 0.188. The van der Waals surface area contributed by atoms with Crippen molar-refractivity contribution in [2.45, 2.75) is 13.3 Å². The average Bonchev–Trinajstić information content (AvgIpc) is 3.17. The number of nitrogens with zero attached hydrogens (tertiary/aromatic N) is 2. The molecule has 6 nitrogen and oxygen atoms in total. The summed E-state index contributed by atoms with van der Waals surface area (Å²) in [6.07, 6.45) is 0.684. The van der Waals surface area contributed by atoms with Crippen LogP contribution in [-0.4, -0.2) is 28.2 Å². The van der Waals surface area contributed by atoms with Crippen molar-refractivity contribution >= 4 is 23.1 Å². The fourth-order valence-corrected chi connectivity index (χ4v) is 2.89. The third-order valence-corrected chi connectivity index (χ3v) is 4.10. The molecule has 0 fully saturated rings. The Morgan fingerprint density at radius 3 is 2.78 bits per heavy atom. The number of ether oxygens (including phenoxy) is 1. The van der Waals surface area contributed by atoms with Crippen LogP contribution < -0.4 is 10.1 Å². The highest BCUT2D eigenvalue weighted by atomic mass is 32.1. The van der Waals surface area contributed by atoms with Gasteiger partial charge in [-0.1, -0.05) is 12.1 Å². The van der Waals surface area contributed by atoms with Gasteiger partial charge in [0.15, 0.2) is 5.82 Å². The zero-order valence-electron chi connectivity index (χ0n) is 12.8. The Bertz CT molecular complexity index is 808. The highest BCUT2D eigenvalue weighted by molar-refractivity contribution is 7.09. The van der Waals surface area contributed by atoms with Crippen molar-refractivity contribution in [3.63, 3.8) is 0 Å². The standard InChI is InChI=1S/C16H16N4O2S/c1-10-7-14(20-19-10)18-16(21)13-9-23-15(17-13)8-11-3-5-12(22-2)6-4-11/h3-7,9H,8H2,1-2H3,(H2,18,19,20,21). The SMILES string of the molecule is COc1ccc(Cc2nc(C(=O)Nc3cc(C)[nH]n3)cs2)cc1. The highest BCUT2D eigenvalue weighted by Crippen LogP contribution is 2.18. The number of hydrogen-bond donors (Lipinski definition) is 2. The summed E-state index contributed by atoms with van der Waals surface area (Å²) in [4.78, 5) is 16.5. The number of aromatic nitrogens is 3. The minimum atomic E-state index is -0.256. The Morgan fingerprint density at radius 1 is 1.35 bits per heavy atom. The van der Waals surface area contributed by atoms with Gasteiger partial charge in [-0.05, 0) is 24.6 Å². The van der Waals surface area contributed by atoms with Crippen LogP contribution in [0.25, 0.3) is 0 Å². The minimum Gasteiger partial charge on any atom is -0.497 e. The molecule has 0 saturated heterocycles. The Hall–Kier alpha value is -2.67. The Morgan fingerprint density at radius 2 is 2.13 bits per heavy atom. The molecule has 2 heterocycles. The number of amides is 1. The second kappa shape index (κ2) is 6.62. The van der Waals surface area contributed by atoms with Gasteiger partial charge in [-0.25, -0.2) is 4.98 Å². The average molecular weight is 328 g/mol. The van der Waals surface area contributed by atoms with E-state index in [0.29, 0.717) is 17.9 Å². The number of H-pyrrole nitrogens is 1. The molecule has 0 unspecified atom stereocenters. The van der Waals surface area contributed by atoms with E-state index in [0.717, 1.165) is 22.0 Å². The second-order valence-corrected chi connectivity index (χ2v) is 5.98. The first-order valence-corrected chi connectivity index (χ1v) is 7.92. The smallest absolute Gasteiger partial charge is 0.276 e. The molecule has 0 spiro atoms. The number of aromatic amines is 1. The lowest BCUT2D eigenvalue weighted by molar-refractivity contribution is 0.102. The quantitative estimate of drug-likeness (QED) is 0.754. The predicted molar refractivity (Wildman–Crippen MR) is 89.2 cm³/mol. The van der Waals surface area contributed by atoms with Gasteiger partial charge in [0.1, 0.15) is 11.4 Å². The molecule has 0 bridgehead atoms. The summed E-state index contributed by atoms with van der Waals surface area (Å²) in [6, 6.07) is 9.58. The Labute approximate surface area is 137 Å². The molecule has 0 aliphatic rings. The lowest BCUT2D eigenvalue weighted by atomic mass is 10.1. The molecule has 7 heteroatoms. The van der Waals surface area contributed by atoms with Gasteiger partial charge in [-0.3, -0.25) is 9.89 Å². The van der Waals surface area contributed by atoms with E-state index in [1.54, 1.807) is 18.6 Å². The molecule has 118 valence electrons. The number of carbonyl (C=O) groups excluding carboxylic acids is 1. The van der Waals surface area contributed by atoms with Crippen LogP contribution in [0.4, 0.5) is 5.82 Å². The van der Waals surface area contributed by atoms with Gasteiger partial charge in [-0.15, -0.1) is 11.3 Å². The summed E-state index contributed by atoms with van der Waals surface area (Å²) >= 11 is 1.47. The number of aryl methyl sites for hydroxylation is 1. The molecule has 1 amide bonds. The van der Waals surface area contributed by atoms with Gasteiger partial charge in [0.2, 0.25) is 0 Å². The number of methoxy groups -OCH3 is 1. The largest absolute Gasteiger partial charge is 0.497 e. The van der Waals surface area contributed by atoms with Gasteiger partial charge in [-0.2, -0.15) is 5.10 Å². The van der Waals surface area contributed by atoms with Crippen LogP contribution in [0.3, 0.4) is 0 Å². The first-order chi connectivity index (χ1) is 11.1. The summed E-state index contributed by atoms with van der Waals surface area (Å²) in [6.45, 7) is 1.87. The number of nitrogens with one attached hydrogen (secondary N) is 2. The van der Waals surface area contributed by atoms with E-state index in [4.69, 9.17) is 4.74 Å². The summed E-state index contributed by atoms with van der Waals surface area (Å²) in [5, 5.41) is 12.1. The van der Waals surface area contributed by atoms with Crippen LogP contribution in [0, 0.1) is 6.92 Å². The van der Waals surface area contributed by atoms with Crippen molar-refractivity contribution in [1.29, 1.82) is 0 Å². The van der Waals surface area contributed by atoms with E-state index < -0.39 is 0 Å². The van der Waals surface area contributed by atoms with Crippen LogP contribution in [-0.2, 0) is 6.42 Å². The lowest BCUT2D eigenvalue weighted by Crippen LogP contribution is -2.12. The van der Waals surface area contributed by atoms with Crippen molar-refractivity contribution < 1.29 is 9.53 Å². The molecule has 0 aliphatic heterocycles. The van der Waals surface area contributed by atoms with Crippen LogP contribution in [0.5, 0.6) is 5.75 Å². The highest BCUT2D eigenvalue weighted by Gasteiger charge is 2.12. The summed E-state index contributed by atoms with van der Waals surface area (Å²) in [5.41, 5.74) is 2.41. The van der Waals surface area contributed by atoms with Crippen LogP contribution in [0.1, 0.15) is 26.8 Å². The molecule has 23 heavy (non-hydrogen) atoms. The van der Waals surface area contributed by atoms with Gasteiger partial charge in [0, 0.05) is 23.6 Å². The topological polar surface area (TPSA) is 79.9 Å². The minimum absolute atomic E-state index is 0.256. The van der Waals surface area contributed by atoms with Crippen molar-refractivity contribution in [2.75, 3.05) is 12.4 Å². The maximum Gasteiger partial charge on any atom is 0.276 e. The van der Waals surface area contributed by atoms with Crippen LogP contribution in [0.15, 0.2) is 35.7 Å². The van der Waals surface area contributed by atoms with Gasteiger partial charge in [0.25, 0.3) is 5.91 Å². The van der Waals surface area contributed by atoms with Crippen molar-refractivity contribution in [3.8, 4) is 5.75 Å². The maximum absolute atomic E-state index is 12.1. The Balaban J connectivity index is 1.65. The van der Waals surface area contributed by atoms with Crippen molar-refractivity contribution in [1.82, 2.24) is 15.2 Å². The van der Waals surface area contributed by atoms with Crippen molar-refractivity contribution in [2.24, 2.45) is 0 Å². The van der Waals surface area contributed by atoms with E-state index in [2.05, 4.69) is 20.5 Å². The van der Waals surface area contributed by atoms with E-state index in [1.807, 2.05) is 31.2 Å². The molecule has 0 aliphatic carbocycles. The molecule has 2 N–H and O–H groups in total. The fourth-order valence-electron chi connectivity index (χ4n) is 2.08. The van der Waals surface area contributed by atoms with Crippen LogP contribution >= 0.6 is 11.3 Å². The molecule has 0 saturated carbocycles. The molecular formula is C16H16N4O2S. The molecule has 2 aromatic heterocycles. The second-order valence-electron chi connectivity index (χ2n) is 5.04. The lowest BCUT2D eigenvalue weighted by Gasteiger charge is -2.01. The number of hydrogen-bond acceptors (Lipinski definition) is 5. The molecule has 1 aromatic carbocycles. The molecule has 3 aromatic rings. The Kier molecular flexibility index (Phi) is 4.38. The van der Waals surface area contributed by atoms with Crippen molar-refractivity contribution in [3.05, 3.63) is 57.7 Å². The first-order valence-electron chi connectivity index (χ1n) is 7.05. The monoisotopic (exact) mass is 328 g/mol. The zero-order chi connectivity index (χ0) is 16.2. The molecular weight excluding hydrogens is 312 g/mol. The normalized spacial score (nSPS) is 10.5. The van der Waals surface area contributed by atoms with Gasteiger partial charge in [0.05, 0.1) is 12.1 Å². The third-order valence-electron chi connectivity index (χ3n) is 3.25. The van der Waals surface area contributed by atoms with E-state index in [-0.39, 0.29) is 5.91 Å². The molecule has 0 atom stereocenters. The summed E-state index contributed by atoms with van der Waals surface area (Å²) in [7, 11) is 1.64. The molecule has 3 rings (SSSR count). The van der Waals surface area contributed by atoms with E-state index in [9.17, 15) is 4.79 Å². The van der Waals surface area contributed by atoms with Gasteiger partial charge >= 0.3 is 0 Å². The summed E-state index contributed by atoms with van der Waals surface area (Å²) in [5.74, 6) is 1.06. The van der Waals surface area contributed by atoms with Gasteiger partial charge < -0.3 is 10.1 Å². The number of thiazole rings is 1. The van der Waals surface area contributed by atoms with Crippen LogP contribution in [0.2, 0.25) is 0 Å². The number of anilines is 1. The third kappa shape index (κ3) is 3.75. The van der Waals surface area contributed by atoms with E-state index in [1.165, 1.54) is 11.3 Å². The number of rotatable bonds is 5. The number of benzene rings is 1. The summed E-state index contributed by atoms with van der Waals surface area (Å²) < 4.78 is 5.14. The maximum atomic E-state index is 12.1. The first kappa shape index (κ1) is 15.2. The van der Waals surface area contributed by atoms with E-state index >= 15 is 0 Å². The number of carbonyl (C=O) groups is 1. The predicted octanol–water partition coefficient (Wildman–Crippen LogP) is 3.03.